The molecule has 1 rings (SSSR count). The summed E-state index contributed by atoms with van der Waals surface area (Å²) in [6.07, 6.45) is 0. The maximum Gasteiger partial charge on any atom is 0.358 e. The largest absolute Gasteiger partial charge is 0.461 e. The zero-order valence-corrected chi connectivity index (χ0v) is 12.2. The lowest BCUT2D eigenvalue weighted by Gasteiger charge is -2.18. The Labute approximate surface area is 112 Å². The number of anilines is 1. The maximum atomic E-state index is 11.7. The smallest absolute Gasteiger partial charge is 0.358 e. The lowest BCUT2D eigenvalue weighted by Crippen LogP contribution is -2.26. The molecule has 0 aliphatic carbocycles. The van der Waals surface area contributed by atoms with Crippen LogP contribution in [0, 0.1) is 6.92 Å². The van der Waals surface area contributed by atoms with Gasteiger partial charge in [0.25, 0.3) is 0 Å². The monoisotopic (exact) mass is 272 g/mol. The van der Waals surface area contributed by atoms with Crippen molar-refractivity contribution in [2.75, 3.05) is 38.3 Å². The van der Waals surface area contributed by atoms with E-state index in [0.717, 1.165) is 23.1 Å². The molecule has 1 aromatic rings. The van der Waals surface area contributed by atoms with Crippen LogP contribution >= 0.6 is 11.3 Å². The lowest BCUT2D eigenvalue weighted by molar-refractivity contribution is 0.0519. The zero-order chi connectivity index (χ0) is 13.5. The van der Waals surface area contributed by atoms with Gasteiger partial charge in [0.15, 0.2) is 10.8 Å². The fourth-order valence-corrected chi connectivity index (χ4v) is 2.48. The maximum absolute atomic E-state index is 11.7. The molecule has 0 aliphatic heterocycles. The van der Waals surface area contributed by atoms with E-state index in [1.165, 1.54) is 11.3 Å². The summed E-state index contributed by atoms with van der Waals surface area (Å²) < 4.78 is 10.0. The number of aromatic nitrogens is 1. The number of hydrogen-bond donors (Lipinski definition) is 0. The van der Waals surface area contributed by atoms with Gasteiger partial charge in [0.05, 0.1) is 13.2 Å². The Hall–Kier alpha value is -1.14. The number of aryl methyl sites for hydroxylation is 1. The Morgan fingerprint density at radius 3 is 2.72 bits per heavy atom. The van der Waals surface area contributed by atoms with E-state index in [1.807, 2.05) is 6.92 Å². The highest BCUT2D eigenvalue weighted by Gasteiger charge is 2.18. The molecule has 0 unspecified atom stereocenters. The Balaban J connectivity index is 2.84. The third-order valence-corrected chi connectivity index (χ3v) is 3.50. The molecule has 0 saturated carbocycles. The molecule has 0 saturated heterocycles. The SMILES string of the molecule is CCOC(=O)c1nc(N(CC)CCOC)sc1C. The fraction of sp³-hybridized carbons (Fsp3) is 0.667. The average Bonchev–Trinajstić information content (AvgIpc) is 2.73. The zero-order valence-electron chi connectivity index (χ0n) is 11.4. The van der Waals surface area contributed by atoms with Gasteiger partial charge in [-0.05, 0) is 20.8 Å². The molecule has 0 aromatic carbocycles. The summed E-state index contributed by atoms with van der Waals surface area (Å²) in [5.41, 5.74) is 0.424. The van der Waals surface area contributed by atoms with Gasteiger partial charge in [-0.1, -0.05) is 0 Å². The molecule has 0 fully saturated rings. The van der Waals surface area contributed by atoms with Crippen LogP contribution in [-0.4, -0.2) is 44.4 Å². The van der Waals surface area contributed by atoms with Crippen molar-refractivity contribution in [3.8, 4) is 0 Å². The van der Waals surface area contributed by atoms with Crippen LogP contribution in [-0.2, 0) is 9.47 Å². The molecular weight excluding hydrogens is 252 g/mol. The van der Waals surface area contributed by atoms with Gasteiger partial charge in [-0.2, -0.15) is 0 Å². The molecule has 0 radical (unpaired) electrons. The number of ether oxygens (including phenoxy) is 2. The first-order chi connectivity index (χ1) is 8.63. The van der Waals surface area contributed by atoms with E-state index in [9.17, 15) is 4.79 Å². The second kappa shape index (κ2) is 7.33. The molecule has 18 heavy (non-hydrogen) atoms. The summed E-state index contributed by atoms with van der Waals surface area (Å²) in [6.45, 7) is 8.33. The van der Waals surface area contributed by atoms with E-state index >= 15 is 0 Å². The lowest BCUT2D eigenvalue weighted by atomic mass is 10.4. The van der Waals surface area contributed by atoms with E-state index in [0.29, 0.717) is 18.9 Å². The molecule has 0 amide bonds. The van der Waals surface area contributed by atoms with Gasteiger partial charge in [-0.15, -0.1) is 11.3 Å². The van der Waals surface area contributed by atoms with Gasteiger partial charge in [-0.25, -0.2) is 9.78 Å². The second-order valence-electron chi connectivity index (χ2n) is 3.69. The van der Waals surface area contributed by atoms with Crippen LogP contribution in [0.15, 0.2) is 0 Å². The van der Waals surface area contributed by atoms with Gasteiger partial charge in [-0.3, -0.25) is 0 Å². The molecule has 0 aliphatic rings. The normalized spacial score (nSPS) is 10.4. The number of methoxy groups -OCH3 is 1. The van der Waals surface area contributed by atoms with Crippen molar-refractivity contribution in [3.05, 3.63) is 10.6 Å². The highest BCUT2D eigenvalue weighted by Crippen LogP contribution is 2.26. The van der Waals surface area contributed by atoms with Gasteiger partial charge in [0, 0.05) is 25.1 Å². The minimum absolute atomic E-state index is 0.347. The van der Waals surface area contributed by atoms with Crippen LogP contribution in [0.3, 0.4) is 0 Å². The summed E-state index contributed by atoms with van der Waals surface area (Å²) in [5, 5.41) is 0.843. The van der Waals surface area contributed by atoms with Gasteiger partial charge in [0.2, 0.25) is 0 Å². The standard InChI is InChI=1S/C12H20N2O3S/c1-5-14(7-8-16-4)12-13-10(9(3)18-12)11(15)17-6-2/h5-8H2,1-4H3. The van der Waals surface area contributed by atoms with Crippen molar-refractivity contribution in [1.29, 1.82) is 0 Å². The van der Waals surface area contributed by atoms with Crippen molar-refractivity contribution in [3.63, 3.8) is 0 Å². The fourth-order valence-electron chi connectivity index (χ4n) is 1.50. The number of rotatable bonds is 7. The number of hydrogen-bond acceptors (Lipinski definition) is 6. The van der Waals surface area contributed by atoms with Crippen LogP contribution in [0.5, 0.6) is 0 Å². The van der Waals surface area contributed by atoms with Crippen molar-refractivity contribution < 1.29 is 14.3 Å². The minimum atomic E-state index is -0.347. The summed E-state index contributed by atoms with van der Waals surface area (Å²) >= 11 is 1.51. The number of esters is 1. The number of carbonyl (C=O) groups is 1. The van der Waals surface area contributed by atoms with Crippen LogP contribution in [0.4, 0.5) is 5.13 Å². The molecule has 1 heterocycles. The molecule has 0 bridgehead atoms. The average molecular weight is 272 g/mol. The van der Waals surface area contributed by atoms with Crippen LogP contribution < -0.4 is 4.90 Å². The van der Waals surface area contributed by atoms with Gasteiger partial charge < -0.3 is 14.4 Å². The molecule has 6 heteroatoms. The minimum Gasteiger partial charge on any atom is -0.461 e. The third-order valence-electron chi connectivity index (χ3n) is 2.47. The Kier molecular flexibility index (Phi) is 6.07. The quantitative estimate of drug-likeness (QED) is 0.711. The molecule has 0 atom stereocenters. The Morgan fingerprint density at radius 1 is 1.44 bits per heavy atom. The van der Waals surface area contributed by atoms with E-state index in [-0.39, 0.29) is 5.97 Å². The van der Waals surface area contributed by atoms with Crippen LogP contribution in [0.2, 0.25) is 0 Å². The topological polar surface area (TPSA) is 51.7 Å². The van der Waals surface area contributed by atoms with Crippen molar-refractivity contribution in [1.82, 2.24) is 4.98 Å². The van der Waals surface area contributed by atoms with E-state index in [2.05, 4.69) is 16.8 Å². The van der Waals surface area contributed by atoms with Gasteiger partial charge in [0.1, 0.15) is 0 Å². The molecule has 1 aromatic heterocycles. The number of thiazole rings is 1. The molecule has 102 valence electrons. The first-order valence-electron chi connectivity index (χ1n) is 6.02. The predicted octanol–water partition coefficient (Wildman–Crippen LogP) is 2.10. The molecular formula is C12H20N2O3S. The number of carbonyl (C=O) groups excluding carboxylic acids is 1. The number of nitrogens with zero attached hydrogens (tertiary/aromatic N) is 2. The molecule has 5 nitrogen and oxygen atoms in total. The summed E-state index contributed by atoms with van der Waals surface area (Å²) in [7, 11) is 1.67. The van der Waals surface area contributed by atoms with Crippen molar-refractivity contribution >= 4 is 22.4 Å². The summed E-state index contributed by atoms with van der Waals surface area (Å²) in [5.74, 6) is -0.347. The molecule has 0 N–H and O–H groups in total. The predicted molar refractivity (Wildman–Crippen MR) is 72.6 cm³/mol. The van der Waals surface area contributed by atoms with Gasteiger partial charge >= 0.3 is 5.97 Å². The summed E-state index contributed by atoms with van der Waals surface area (Å²) in [6, 6.07) is 0. The highest BCUT2D eigenvalue weighted by molar-refractivity contribution is 7.15. The number of likely N-dealkylation sites (N-methyl/N-ethyl adjacent to an activating group) is 1. The highest BCUT2D eigenvalue weighted by atomic mass is 32.1. The first kappa shape index (κ1) is 14.9. The van der Waals surface area contributed by atoms with Crippen LogP contribution in [0.25, 0.3) is 0 Å². The Bertz CT molecular complexity index is 393. The molecule has 0 spiro atoms. The van der Waals surface area contributed by atoms with E-state index in [4.69, 9.17) is 9.47 Å². The third kappa shape index (κ3) is 3.68. The van der Waals surface area contributed by atoms with Crippen LogP contribution in [0.1, 0.15) is 29.2 Å². The van der Waals surface area contributed by atoms with E-state index in [1.54, 1.807) is 14.0 Å². The summed E-state index contributed by atoms with van der Waals surface area (Å²) in [4.78, 5) is 19.0. The van der Waals surface area contributed by atoms with Crippen molar-refractivity contribution in [2.24, 2.45) is 0 Å². The first-order valence-corrected chi connectivity index (χ1v) is 6.84. The van der Waals surface area contributed by atoms with Crippen molar-refractivity contribution in [2.45, 2.75) is 20.8 Å². The second-order valence-corrected chi connectivity index (χ2v) is 4.88. The Morgan fingerprint density at radius 2 is 2.17 bits per heavy atom. The van der Waals surface area contributed by atoms with E-state index < -0.39 is 0 Å².